The van der Waals surface area contributed by atoms with Crippen LogP contribution in [0.25, 0.3) is 0 Å². The van der Waals surface area contributed by atoms with Crippen molar-refractivity contribution in [2.24, 2.45) is 0 Å². The van der Waals surface area contributed by atoms with E-state index >= 15 is 0 Å². The SMILES string of the molecule is CN(C)c1ccnc(C2CNCCO2)n1. The second-order valence-electron chi connectivity index (χ2n) is 3.73. The first-order chi connectivity index (χ1) is 7.27. The third-order valence-electron chi connectivity index (χ3n) is 2.33. The highest BCUT2D eigenvalue weighted by Crippen LogP contribution is 2.16. The minimum absolute atomic E-state index is 0.0151. The van der Waals surface area contributed by atoms with Crippen molar-refractivity contribution in [2.75, 3.05) is 38.7 Å². The minimum Gasteiger partial charge on any atom is -0.368 e. The normalized spacial score (nSPS) is 21.3. The van der Waals surface area contributed by atoms with E-state index in [1.165, 1.54) is 0 Å². The Morgan fingerprint density at radius 2 is 2.40 bits per heavy atom. The van der Waals surface area contributed by atoms with E-state index in [0.29, 0.717) is 0 Å². The lowest BCUT2D eigenvalue weighted by molar-refractivity contribution is 0.0222. The number of nitrogens with zero attached hydrogens (tertiary/aromatic N) is 3. The molecule has 1 unspecified atom stereocenters. The Bertz CT molecular complexity index is 323. The molecule has 1 atom stereocenters. The van der Waals surface area contributed by atoms with Crippen LogP contribution >= 0.6 is 0 Å². The molecule has 1 aliphatic heterocycles. The lowest BCUT2D eigenvalue weighted by Gasteiger charge is -2.23. The summed E-state index contributed by atoms with van der Waals surface area (Å²) in [6.45, 7) is 2.42. The van der Waals surface area contributed by atoms with Gasteiger partial charge in [-0.05, 0) is 6.07 Å². The number of aromatic nitrogens is 2. The minimum atomic E-state index is -0.0151. The van der Waals surface area contributed by atoms with Crippen LogP contribution in [0.2, 0.25) is 0 Å². The van der Waals surface area contributed by atoms with Gasteiger partial charge in [0.05, 0.1) is 6.61 Å². The average molecular weight is 208 g/mol. The fraction of sp³-hybridized carbons (Fsp3) is 0.600. The summed E-state index contributed by atoms with van der Waals surface area (Å²) in [5.41, 5.74) is 0. The highest BCUT2D eigenvalue weighted by atomic mass is 16.5. The van der Waals surface area contributed by atoms with Gasteiger partial charge in [0.15, 0.2) is 5.82 Å². The van der Waals surface area contributed by atoms with Gasteiger partial charge in [0, 0.05) is 33.4 Å². The summed E-state index contributed by atoms with van der Waals surface area (Å²) in [4.78, 5) is 10.6. The van der Waals surface area contributed by atoms with Crippen molar-refractivity contribution in [3.8, 4) is 0 Å². The number of nitrogens with one attached hydrogen (secondary N) is 1. The summed E-state index contributed by atoms with van der Waals surface area (Å²) in [5.74, 6) is 1.67. The smallest absolute Gasteiger partial charge is 0.160 e. The molecule has 5 heteroatoms. The van der Waals surface area contributed by atoms with Crippen LogP contribution in [0.1, 0.15) is 11.9 Å². The van der Waals surface area contributed by atoms with Crippen molar-refractivity contribution in [2.45, 2.75) is 6.10 Å². The molecule has 1 aliphatic rings. The maximum Gasteiger partial charge on any atom is 0.160 e. The second kappa shape index (κ2) is 4.55. The Balaban J connectivity index is 2.16. The van der Waals surface area contributed by atoms with Gasteiger partial charge in [0.25, 0.3) is 0 Å². The standard InChI is InChI=1S/C10H16N4O/c1-14(2)9-3-4-12-10(13-9)8-7-11-5-6-15-8/h3-4,8,11H,5-7H2,1-2H3. The topological polar surface area (TPSA) is 50.3 Å². The molecular weight excluding hydrogens is 192 g/mol. The molecule has 2 rings (SSSR count). The van der Waals surface area contributed by atoms with Crippen molar-refractivity contribution in [1.82, 2.24) is 15.3 Å². The van der Waals surface area contributed by atoms with E-state index in [4.69, 9.17) is 4.74 Å². The maximum atomic E-state index is 5.59. The molecule has 0 amide bonds. The van der Waals surface area contributed by atoms with E-state index in [9.17, 15) is 0 Å². The molecule has 0 aromatic carbocycles. The van der Waals surface area contributed by atoms with Gasteiger partial charge < -0.3 is 15.0 Å². The fourth-order valence-electron chi connectivity index (χ4n) is 1.50. The molecule has 5 nitrogen and oxygen atoms in total. The van der Waals surface area contributed by atoms with Gasteiger partial charge in [-0.2, -0.15) is 0 Å². The zero-order valence-electron chi connectivity index (χ0n) is 9.10. The number of morpholine rings is 1. The van der Waals surface area contributed by atoms with Crippen molar-refractivity contribution >= 4 is 5.82 Å². The Kier molecular flexibility index (Phi) is 3.13. The second-order valence-corrected chi connectivity index (χ2v) is 3.73. The predicted molar refractivity (Wildman–Crippen MR) is 57.9 cm³/mol. The van der Waals surface area contributed by atoms with E-state index in [2.05, 4.69) is 15.3 Å². The first-order valence-corrected chi connectivity index (χ1v) is 5.10. The van der Waals surface area contributed by atoms with Crippen LogP contribution in [0.5, 0.6) is 0 Å². The molecule has 0 radical (unpaired) electrons. The highest BCUT2D eigenvalue weighted by molar-refractivity contribution is 5.35. The average Bonchev–Trinajstić information content (AvgIpc) is 2.30. The molecule has 2 heterocycles. The highest BCUT2D eigenvalue weighted by Gasteiger charge is 2.18. The summed E-state index contributed by atoms with van der Waals surface area (Å²) in [5, 5.41) is 3.26. The Labute approximate surface area is 89.5 Å². The van der Waals surface area contributed by atoms with Gasteiger partial charge in [-0.3, -0.25) is 0 Å². The van der Waals surface area contributed by atoms with E-state index in [1.807, 2.05) is 25.1 Å². The quantitative estimate of drug-likeness (QED) is 0.752. The maximum absolute atomic E-state index is 5.59. The Morgan fingerprint density at radius 3 is 3.07 bits per heavy atom. The number of hydrogen-bond acceptors (Lipinski definition) is 5. The van der Waals surface area contributed by atoms with Gasteiger partial charge in [-0.15, -0.1) is 0 Å². The van der Waals surface area contributed by atoms with Gasteiger partial charge in [-0.25, -0.2) is 9.97 Å². The molecule has 0 spiro atoms. The predicted octanol–water partition coefficient (Wildman–Crippen LogP) is 0.203. The van der Waals surface area contributed by atoms with Crippen LogP contribution in [-0.4, -0.2) is 43.8 Å². The van der Waals surface area contributed by atoms with Crippen LogP contribution < -0.4 is 10.2 Å². The summed E-state index contributed by atoms with van der Waals surface area (Å²) in [7, 11) is 3.93. The Morgan fingerprint density at radius 1 is 1.53 bits per heavy atom. The van der Waals surface area contributed by atoms with Gasteiger partial charge >= 0.3 is 0 Å². The molecule has 1 saturated heterocycles. The summed E-state index contributed by atoms with van der Waals surface area (Å²) in [6, 6.07) is 1.89. The van der Waals surface area contributed by atoms with Crippen molar-refractivity contribution in [3.63, 3.8) is 0 Å². The molecule has 0 aliphatic carbocycles. The van der Waals surface area contributed by atoms with Crippen molar-refractivity contribution in [1.29, 1.82) is 0 Å². The number of hydrogen-bond donors (Lipinski definition) is 1. The van der Waals surface area contributed by atoms with E-state index in [1.54, 1.807) is 6.20 Å². The lowest BCUT2D eigenvalue weighted by Crippen LogP contribution is -2.34. The molecule has 1 fully saturated rings. The molecule has 1 aromatic rings. The molecule has 0 bridgehead atoms. The van der Waals surface area contributed by atoms with E-state index in [-0.39, 0.29) is 6.10 Å². The van der Waals surface area contributed by atoms with E-state index in [0.717, 1.165) is 31.3 Å². The summed E-state index contributed by atoms with van der Waals surface area (Å²) < 4.78 is 5.59. The van der Waals surface area contributed by atoms with Crippen LogP contribution in [0.4, 0.5) is 5.82 Å². The summed E-state index contributed by atoms with van der Waals surface area (Å²) >= 11 is 0. The van der Waals surface area contributed by atoms with Crippen LogP contribution in [0.3, 0.4) is 0 Å². The first-order valence-electron chi connectivity index (χ1n) is 5.10. The third kappa shape index (κ3) is 2.43. The summed E-state index contributed by atoms with van der Waals surface area (Å²) in [6.07, 6.45) is 1.76. The van der Waals surface area contributed by atoms with Crippen LogP contribution in [0, 0.1) is 0 Å². The largest absolute Gasteiger partial charge is 0.368 e. The van der Waals surface area contributed by atoms with Gasteiger partial charge in [-0.1, -0.05) is 0 Å². The molecular formula is C10H16N4O. The Hall–Kier alpha value is -1.20. The monoisotopic (exact) mass is 208 g/mol. The zero-order chi connectivity index (χ0) is 10.7. The number of rotatable bonds is 2. The molecule has 0 saturated carbocycles. The molecule has 15 heavy (non-hydrogen) atoms. The zero-order valence-corrected chi connectivity index (χ0v) is 9.10. The lowest BCUT2D eigenvalue weighted by atomic mass is 10.3. The third-order valence-corrected chi connectivity index (χ3v) is 2.33. The van der Waals surface area contributed by atoms with Gasteiger partial charge in [0.2, 0.25) is 0 Å². The molecule has 82 valence electrons. The molecule has 1 N–H and O–H groups in total. The van der Waals surface area contributed by atoms with Crippen LogP contribution in [0.15, 0.2) is 12.3 Å². The first kappa shape index (κ1) is 10.3. The van der Waals surface area contributed by atoms with Crippen molar-refractivity contribution < 1.29 is 4.74 Å². The van der Waals surface area contributed by atoms with E-state index < -0.39 is 0 Å². The number of anilines is 1. The van der Waals surface area contributed by atoms with Crippen molar-refractivity contribution in [3.05, 3.63) is 18.1 Å². The number of ether oxygens (including phenoxy) is 1. The molecule has 1 aromatic heterocycles. The van der Waals surface area contributed by atoms with Crippen LogP contribution in [-0.2, 0) is 4.74 Å². The fourth-order valence-corrected chi connectivity index (χ4v) is 1.50. The van der Waals surface area contributed by atoms with Gasteiger partial charge in [0.1, 0.15) is 11.9 Å².